The average molecular weight is 258 g/mol. The highest BCUT2D eigenvalue weighted by Gasteiger charge is 2.19. The molecule has 100 valence electrons. The molecule has 0 amide bonds. The number of hydrogen-bond donors (Lipinski definition) is 3. The van der Waals surface area contributed by atoms with Crippen molar-refractivity contribution in [3.05, 3.63) is 30.7 Å². The molecule has 0 aromatic carbocycles. The van der Waals surface area contributed by atoms with Gasteiger partial charge in [0.2, 0.25) is 5.95 Å². The number of nitrogens with one attached hydrogen (secondary N) is 2. The maximum atomic E-state index is 9.47. The Hall–Kier alpha value is -1.88. The van der Waals surface area contributed by atoms with Gasteiger partial charge in [0.05, 0.1) is 6.10 Å². The summed E-state index contributed by atoms with van der Waals surface area (Å²) < 4.78 is 0. The van der Waals surface area contributed by atoms with Crippen molar-refractivity contribution < 1.29 is 5.11 Å². The quantitative estimate of drug-likeness (QED) is 0.789. The van der Waals surface area contributed by atoms with Crippen LogP contribution in [0.3, 0.4) is 0 Å². The monoisotopic (exact) mass is 258 g/mol. The number of hydrogen-bond acceptors (Lipinski definition) is 4. The van der Waals surface area contributed by atoms with E-state index in [9.17, 15) is 5.11 Å². The van der Waals surface area contributed by atoms with Gasteiger partial charge in [-0.2, -0.15) is 0 Å². The molecule has 0 spiro atoms. The van der Waals surface area contributed by atoms with Crippen molar-refractivity contribution in [2.24, 2.45) is 0 Å². The molecule has 1 fully saturated rings. The molecule has 19 heavy (non-hydrogen) atoms. The van der Waals surface area contributed by atoms with Gasteiger partial charge in [0.1, 0.15) is 0 Å². The lowest BCUT2D eigenvalue weighted by Crippen LogP contribution is -2.28. The Kier molecular flexibility index (Phi) is 3.46. The number of nitrogens with zero attached hydrogens (tertiary/aromatic N) is 2. The zero-order chi connectivity index (χ0) is 13.1. The van der Waals surface area contributed by atoms with Crippen molar-refractivity contribution in [3.8, 4) is 11.3 Å². The fraction of sp³-hybridized carbons (Fsp3) is 0.429. The van der Waals surface area contributed by atoms with Crippen molar-refractivity contribution >= 4 is 5.95 Å². The number of aliphatic hydroxyl groups is 1. The summed E-state index contributed by atoms with van der Waals surface area (Å²) in [6, 6.07) is 4.32. The van der Waals surface area contributed by atoms with E-state index in [1.807, 2.05) is 30.7 Å². The summed E-state index contributed by atoms with van der Waals surface area (Å²) in [6.45, 7) is 0. The molecule has 0 radical (unpaired) electrons. The van der Waals surface area contributed by atoms with Crippen molar-refractivity contribution in [2.45, 2.75) is 37.8 Å². The van der Waals surface area contributed by atoms with E-state index < -0.39 is 0 Å². The lowest BCUT2D eigenvalue weighted by molar-refractivity contribution is 0.126. The highest BCUT2D eigenvalue weighted by molar-refractivity contribution is 5.57. The fourth-order valence-electron chi connectivity index (χ4n) is 2.45. The first kappa shape index (κ1) is 12.2. The Morgan fingerprint density at radius 3 is 2.53 bits per heavy atom. The summed E-state index contributed by atoms with van der Waals surface area (Å²) in [5.41, 5.74) is 2.00. The maximum absolute atomic E-state index is 9.47. The van der Waals surface area contributed by atoms with Crippen molar-refractivity contribution in [1.29, 1.82) is 0 Å². The zero-order valence-electron chi connectivity index (χ0n) is 10.7. The van der Waals surface area contributed by atoms with Gasteiger partial charge in [0.25, 0.3) is 0 Å². The standard InChI is InChI=1S/C14H18N4O/c19-12-5-3-11(4-6-12)18-14-16-8-10(9-17-14)13-2-1-7-15-13/h1-2,7-9,11-12,15,19H,3-6H2,(H,16,17,18). The van der Waals surface area contributed by atoms with Crippen molar-refractivity contribution in [1.82, 2.24) is 15.0 Å². The fourth-order valence-corrected chi connectivity index (χ4v) is 2.45. The smallest absolute Gasteiger partial charge is 0.222 e. The van der Waals surface area contributed by atoms with E-state index in [4.69, 9.17) is 0 Å². The molecule has 2 aromatic rings. The summed E-state index contributed by atoms with van der Waals surface area (Å²) >= 11 is 0. The SMILES string of the molecule is OC1CCC(Nc2ncc(-c3ccc[nH]3)cn2)CC1. The van der Waals surface area contributed by atoms with Gasteiger partial charge >= 0.3 is 0 Å². The number of H-pyrrole nitrogens is 1. The van der Waals surface area contributed by atoms with Crippen LogP contribution in [-0.2, 0) is 0 Å². The number of aromatic amines is 1. The summed E-state index contributed by atoms with van der Waals surface area (Å²) in [5, 5.41) is 12.8. The van der Waals surface area contributed by atoms with E-state index in [1.54, 1.807) is 0 Å². The van der Waals surface area contributed by atoms with E-state index >= 15 is 0 Å². The van der Waals surface area contributed by atoms with Crippen LogP contribution in [-0.4, -0.2) is 32.2 Å². The first-order valence-corrected chi connectivity index (χ1v) is 6.71. The Morgan fingerprint density at radius 1 is 1.16 bits per heavy atom. The van der Waals surface area contributed by atoms with E-state index in [0.29, 0.717) is 12.0 Å². The third-order valence-corrected chi connectivity index (χ3v) is 3.59. The van der Waals surface area contributed by atoms with Crippen LogP contribution in [0.25, 0.3) is 11.3 Å². The second kappa shape index (κ2) is 5.40. The van der Waals surface area contributed by atoms with Gasteiger partial charge in [-0.05, 0) is 37.8 Å². The second-order valence-electron chi connectivity index (χ2n) is 5.03. The predicted molar refractivity (Wildman–Crippen MR) is 73.7 cm³/mol. The third kappa shape index (κ3) is 2.93. The molecule has 1 saturated carbocycles. The summed E-state index contributed by atoms with van der Waals surface area (Å²) in [5.74, 6) is 0.664. The first-order chi connectivity index (χ1) is 9.31. The van der Waals surface area contributed by atoms with Gasteiger partial charge < -0.3 is 15.4 Å². The molecule has 3 N–H and O–H groups in total. The normalized spacial score (nSPS) is 23.2. The average Bonchev–Trinajstić information content (AvgIpc) is 2.96. The Morgan fingerprint density at radius 2 is 1.89 bits per heavy atom. The largest absolute Gasteiger partial charge is 0.393 e. The maximum Gasteiger partial charge on any atom is 0.222 e. The van der Waals surface area contributed by atoms with Crippen LogP contribution in [0, 0.1) is 0 Å². The molecule has 2 heterocycles. The van der Waals surface area contributed by atoms with E-state index in [-0.39, 0.29) is 6.10 Å². The molecule has 2 aromatic heterocycles. The molecule has 0 saturated heterocycles. The van der Waals surface area contributed by atoms with Crippen LogP contribution in [0.5, 0.6) is 0 Å². The summed E-state index contributed by atoms with van der Waals surface area (Å²) in [6.07, 6.45) is 9.06. The minimum absolute atomic E-state index is 0.130. The van der Waals surface area contributed by atoms with Crippen LogP contribution in [0.2, 0.25) is 0 Å². The van der Waals surface area contributed by atoms with Gasteiger partial charge in [0.15, 0.2) is 0 Å². The highest BCUT2D eigenvalue weighted by atomic mass is 16.3. The molecule has 1 aliphatic carbocycles. The first-order valence-electron chi connectivity index (χ1n) is 6.71. The zero-order valence-corrected chi connectivity index (χ0v) is 10.7. The van der Waals surface area contributed by atoms with E-state index in [2.05, 4.69) is 20.3 Å². The van der Waals surface area contributed by atoms with Crippen LogP contribution in [0.1, 0.15) is 25.7 Å². The van der Waals surface area contributed by atoms with Crippen LogP contribution < -0.4 is 5.32 Å². The lowest BCUT2D eigenvalue weighted by atomic mass is 9.93. The summed E-state index contributed by atoms with van der Waals surface area (Å²) in [7, 11) is 0. The Bertz CT molecular complexity index is 501. The Labute approximate surface area is 112 Å². The number of rotatable bonds is 3. The Balaban J connectivity index is 1.63. The van der Waals surface area contributed by atoms with E-state index in [0.717, 1.165) is 36.9 Å². The number of anilines is 1. The van der Waals surface area contributed by atoms with Gasteiger partial charge in [-0.25, -0.2) is 9.97 Å². The minimum atomic E-state index is -0.130. The molecule has 1 aliphatic rings. The number of aromatic nitrogens is 3. The number of aliphatic hydroxyl groups excluding tert-OH is 1. The minimum Gasteiger partial charge on any atom is -0.393 e. The van der Waals surface area contributed by atoms with Crippen molar-refractivity contribution in [2.75, 3.05) is 5.32 Å². The van der Waals surface area contributed by atoms with Gasteiger partial charge in [0, 0.05) is 35.9 Å². The predicted octanol–water partition coefficient (Wildman–Crippen LogP) is 2.19. The van der Waals surface area contributed by atoms with Crippen LogP contribution in [0.15, 0.2) is 30.7 Å². The van der Waals surface area contributed by atoms with Gasteiger partial charge in [-0.15, -0.1) is 0 Å². The molecule has 5 heteroatoms. The molecule has 0 atom stereocenters. The van der Waals surface area contributed by atoms with Gasteiger partial charge in [-0.3, -0.25) is 0 Å². The molecule has 0 unspecified atom stereocenters. The third-order valence-electron chi connectivity index (χ3n) is 3.59. The van der Waals surface area contributed by atoms with Crippen LogP contribution in [0.4, 0.5) is 5.95 Å². The lowest BCUT2D eigenvalue weighted by Gasteiger charge is -2.26. The molecular formula is C14H18N4O. The summed E-state index contributed by atoms with van der Waals surface area (Å²) in [4.78, 5) is 11.8. The molecular weight excluding hydrogens is 240 g/mol. The van der Waals surface area contributed by atoms with Crippen molar-refractivity contribution in [3.63, 3.8) is 0 Å². The van der Waals surface area contributed by atoms with E-state index in [1.165, 1.54) is 0 Å². The highest BCUT2D eigenvalue weighted by Crippen LogP contribution is 2.21. The molecule has 3 rings (SSSR count). The van der Waals surface area contributed by atoms with Crippen LogP contribution >= 0.6 is 0 Å². The second-order valence-corrected chi connectivity index (χ2v) is 5.03. The topological polar surface area (TPSA) is 73.8 Å². The molecule has 0 bridgehead atoms. The molecule has 0 aliphatic heterocycles. The van der Waals surface area contributed by atoms with Gasteiger partial charge in [-0.1, -0.05) is 0 Å². The molecule has 5 nitrogen and oxygen atoms in total.